The topological polar surface area (TPSA) is 37.1 Å². The van der Waals surface area contributed by atoms with Crippen molar-refractivity contribution in [1.82, 2.24) is 0 Å². The van der Waals surface area contributed by atoms with E-state index in [9.17, 15) is 0 Å². The maximum Gasteiger partial charge on any atom is 0.175 e. The van der Waals surface area contributed by atoms with Crippen molar-refractivity contribution < 1.29 is 0 Å². The van der Waals surface area contributed by atoms with Gasteiger partial charge in [-0.05, 0) is 13.0 Å². The minimum absolute atomic E-state index is 0.00389. The van der Waals surface area contributed by atoms with Crippen LogP contribution in [0.2, 0.25) is 0 Å². The molecule has 0 aromatic carbocycles. The molecule has 0 aliphatic carbocycles. The van der Waals surface area contributed by atoms with E-state index in [4.69, 9.17) is 0 Å². The SMILES string of the molecule is [CH2]C1C=CC2=NC=NC2=N1. The molecule has 2 aliphatic rings. The van der Waals surface area contributed by atoms with Gasteiger partial charge in [-0.1, -0.05) is 6.08 Å². The summed E-state index contributed by atoms with van der Waals surface area (Å²) in [5.41, 5.74) is 0.847. The summed E-state index contributed by atoms with van der Waals surface area (Å²) in [5.74, 6) is 0.711. The number of aliphatic imine (C=N–C) groups is 3. The molecular formula is C7H6N3. The first kappa shape index (κ1) is 5.53. The molecule has 0 spiro atoms. The van der Waals surface area contributed by atoms with E-state index in [0.717, 1.165) is 5.71 Å². The molecule has 3 nitrogen and oxygen atoms in total. The van der Waals surface area contributed by atoms with Gasteiger partial charge in [0.2, 0.25) is 0 Å². The van der Waals surface area contributed by atoms with Crippen molar-refractivity contribution in [1.29, 1.82) is 0 Å². The van der Waals surface area contributed by atoms with Crippen LogP contribution in [0.5, 0.6) is 0 Å². The second-order valence-corrected chi connectivity index (χ2v) is 2.14. The number of amidine groups is 1. The van der Waals surface area contributed by atoms with Crippen LogP contribution >= 0.6 is 0 Å². The van der Waals surface area contributed by atoms with Gasteiger partial charge in [0, 0.05) is 0 Å². The molecule has 0 aromatic rings. The largest absolute Gasteiger partial charge is 0.257 e. The predicted molar refractivity (Wildman–Crippen MR) is 41.6 cm³/mol. The second kappa shape index (κ2) is 1.87. The molecule has 0 aromatic heterocycles. The summed E-state index contributed by atoms with van der Waals surface area (Å²) < 4.78 is 0. The first-order chi connectivity index (χ1) is 4.86. The number of hydrogen-bond donors (Lipinski definition) is 0. The van der Waals surface area contributed by atoms with Gasteiger partial charge in [0.05, 0.1) is 6.04 Å². The molecule has 0 N–H and O–H groups in total. The summed E-state index contributed by atoms with van der Waals surface area (Å²) >= 11 is 0. The molecule has 2 rings (SSSR count). The highest BCUT2D eigenvalue weighted by molar-refractivity contribution is 6.50. The first-order valence-electron chi connectivity index (χ1n) is 3.06. The number of hydrogen-bond acceptors (Lipinski definition) is 3. The Kier molecular flexibility index (Phi) is 1.03. The van der Waals surface area contributed by atoms with E-state index >= 15 is 0 Å². The van der Waals surface area contributed by atoms with Gasteiger partial charge in [0.1, 0.15) is 12.1 Å². The number of dihydropyridines is 1. The first-order valence-corrected chi connectivity index (χ1v) is 3.06. The van der Waals surface area contributed by atoms with Crippen molar-refractivity contribution in [2.75, 3.05) is 0 Å². The molecule has 1 unspecified atom stereocenters. The lowest BCUT2D eigenvalue weighted by atomic mass is 10.2. The van der Waals surface area contributed by atoms with Crippen molar-refractivity contribution >= 4 is 17.9 Å². The van der Waals surface area contributed by atoms with Gasteiger partial charge in [-0.25, -0.2) is 9.98 Å². The minimum atomic E-state index is 0.00389. The lowest BCUT2D eigenvalue weighted by molar-refractivity contribution is 1.02. The molecule has 1 atom stereocenters. The highest BCUT2D eigenvalue weighted by Gasteiger charge is 2.13. The average Bonchev–Trinajstić information content (AvgIpc) is 2.33. The fraction of sp³-hybridized carbons (Fsp3) is 0.143. The third-order valence-corrected chi connectivity index (χ3v) is 1.37. The Bertz CT molecular complexity index is 271. The minimum Gasteiger partial charge on any atom is -0.257 e. The second-order valence-electron chi connectivity index (χ2n) is 2.14. The van der Waals surface area contributed by atoms with E-state index < -0.39 is 0 Å². The van der Waals surface area contributed by atoms with Gasteiger partial charge >= 0.3 is 0 Å². The highest BCUT2D eigenvalue weighted by atomic mass is 15.0. The summed E-state index contributed by atoms with van der Waals surface area (Å²) in [4.78, 5) is 12.0. The molecule has 0 amide bonds. The van der Waals surface area contributed by atoms with Gasteiger partial charge in [-0.3, -0.25) is 4.99 Å². The average molecular weight is 132 g/mol. The van der Waals surface area contributed by atoms with Crippen LogP contribution in [0.25, 0.3) is 0 Å². The van der Waals surface area contributed by atoms with Gasteiger partial charge < -0.3 is 0 Å². The lowest BCUT2D eigenvalue weighted by Gasteiger charge is -2.05. The van der Waals surface area contributed by atoms with Crippen LogP contribution in [0.15, 0.2) is 27.1 Å². The van der Waals surface area contributed by atoms with Crippen LogP contribution in [-0.2, 0) is 0 Å². The maximum atomic E-state index is 4.13. The fourth-order valence-electron chi connectivity index (χ4n) is 0.889. The Hall–Kier alpha value is -1.25. The van der Waals surface area contributed by atoms with Gasteiger partial charge in [-0.15, -0.1) is 0 Å². The smallest absolute Gasteiger partial charge is 0.175 e. The van der Waals surface area contributed by atoms with Crippen molar-refractivity contribution in [2.45, 2.75) is 6.04 Å². The maximum absolute atomic E-state index is 4.13. The van der Waals surface area contributed by atoms with E-state index in [-0.39, 0.29) is 6.04 Å². The predicted octanol–water partition coefficient (Wildman–Crippen LogP) is 0.640. The van der Waals surface area contributed by atoms with Crippen LogP contribution in [0, 0.1) is 6.92 Å². The number of rotatable bonds is 0. The van der Waals surface area contributed by atoms with Crippen molar-refractivity contribution in [3.8, 4) is 0 Å². The molecule has 0 bridgehead atoms. The fourth-order valence-corrected chi connectivity index (χ4v) is 0.889. The number of nitrogens with zero attached hydrogens (tertiary/aromatic N) is 3. The zero-order valence-electron chi connectivity index (χ0n) is 5.36. The molecule has 0 saturated heterocycles. The number of fused-ring (bicyclic) bond motifs is 1. The molecule has 49 valence electrons. The van der Waals surface area contributed by atoms with E-state index in [0.29, 0.717) is 5.84 Å². The van der Waals surface area contributed by atoms with Crippen LogP contribution in [-0.4, -0.2) is 23.9 Å². The molecule has 0 fully saturated rings. The summed E-state index contributed by atoms with van der Waals surface area (Å²) in [6.07, 6.45) is 5.31. The zero-order valence-corrected chi connectivity index (χ0v) is 5.36. The third kappa shape index (κ3) is 0.708. The molecule has 2 heterocycles. The van der Waals surface area contributed by atoms with Crippen molar-refractivity contribution in [3.63, 3.8) is 0 Å². The summed E-state index contributed by atoms with van der Waals surface area (Å²) in [5, 5.41) is 0. The Morgan fingerprint density at radius 3 is 3.30 bits per heavy atom. The van der Waals surface area contributed by atoms with Crippen LogP contribution in [0.4, 0.5) is 0 Å². The molecule has 0 saturated carbocycles. The normalized spacial score (nSPS) is 27.9. The van der Waals surface area contributed by atoms with E-state index in [1.54, 1.807) is 0 Å². The van der Waals surface area contributed by atoms with Gasteiger partial charge in [0.15, 0.2) is 5.84 Å². The van der Waals surface area contributed by atoms with Crippen LogP contribution in [0.3, 0.4) is 0 Å². The molecule has 1 radical (unpaired) electrons. The quantitative estimate of drug-likeness (QED) is 0.464. The van der Waals surface area contributed by atoms with Crippen LogP contribution < -0.4 is 0 Å². The molecular weight excluding hydrogens is 126 g/mol. The highest BCUT2D eigenvalue weighted by Crippen LogP contribution is 2.06. The summed E-state index contributed by atoms with van der Waals surface area (Å²) in [6.45, 7) is 3.75. The van der Waals surface area contributed by atoms with Crippen LogP contribution in [0.1, 0.15) is 0 Å². The van der Waals surface area contributed by atoms with Gasteiger partial charge in [0.25, 0.3) is 0 Å². The monoisotopic (exact) mass is 132 g/mol. The Balaban J connectivity index is 2.41. The Morgan fingerprint density at radius 1 is 1.50 bits per heavy atom. The standard InChI is InChI=1S/C7H6N3/c1-5-2-3-6-7(10-5)9-4-8-6/h2-5H,1H2. The van der Waals surface area contributed by atoms with Crippen molar-refractivity contribution in [2.24, 2.45) is 15.0 Å². The van der Waals surface area contributed by atoms with Crippen molar-refractivity contribution in [3.05, 3.63) is 19.1 Å². The summed E-state index contributed by atoms with van der Waals surface area (Å²) in [7, 11) is 0. The van der Waals surface area contributed by atoms with E-state index in [2.05, 4.69) is 21.9 Å². The Labute approximate surface area is 58.9 Å². The third-order valence-electron chi connectivity index (χ3n) is 1.37. The summed E-state index contributed by atoms with van der Waals surface area (Å²) in [6, 6.07) is 0.00389. The molecule has 2 aliphatic heterocycles. The van der Waals surface area contributed by atoms with E-state index in [1.807, 2.05) is 12.2 Å². The zero-order chi connectivity index (χ0) is 6.97. The van der Waals surface area contributed by atoms with Gasteiger partial charge in [-0.2, -0.15) is 0 Å². The Morgan fingerprint density at radius 2 is 2.40 bits per heavy atom. The molecule has 10 heavy (non-hydrogen) atoms. The molecule has 3 heteroatoms. The lowest BCUT2D eigenvalue weighted by Crippen LogP contribution is -2.13. The van der Waals surface area contributed by atoms with E-state index in [1.165, 1.54) is 6.34 Å².